The third-order valence-corrected chi connectivity index (χ3v) is 8.23. The molecule has 1 atom stereocenters. The van der Waals surface area contributed by atoms with Crippen molar-refractivity contribution in [1.29, 1.82) is 0 Å². The fourth-order valence-corrected chi connectivity index (χ4v) is 6.02. The van der Waals surface area contributed by atoms with Crippen molar-refractivity contribution in [2.24, 2.45) is 5.92 Å². The van der Waals surface area contributed by atoms with E-state index >= 15 is 0 Å². The molecule has 0 radical (unpaired) electrons. The first-order valence-corrected chi connectivity index (χ1v) is 12.7. The fourth-order valence-electron chi connectivity index (χ4n) is 4.54. The van der Waals surface area contributed by atoms with Gasteiger partial charge in [0.2, 0.25) is 15.9 Å². The molecule has 2 fully saturated rings. The van der Waals surface area contributed by atoms with Crippen LogP contribution in [0, 0.1) is 5.92 Å². The molecule has 0 bridgehead atoms. The number of aromatic nitrogens is 1. The molecule has 0 saturated carbocycles. The number of hydrogen-bond acceptors (Lipinski definition) is 6. The molecule has 1 N–H and O–H groups in total. The molecule has 10 heteroatoms. The summed E-state index contributed by atoms with van der Waals surface area (Å²) >= 11 is 0. The van der Waals surface area contributed by atoms with Crippen LogP contribution < -0.4 is 11.1 Å². The van der Waals surface area contributed by atoms with Crippen LogP contribution in [0.25, 0.3) is 11.1 Å². The number of fused-ring (bicyclic) bond motifs is 1. The van der Waals surface area contributed by atoms with Gasteiger partial charge in [0.1, 0.15) is 0 Å². The highest BCUT2D eigenvalue weighted by Crippen LogP contribution is 2.28. The summed E-state index contributed by atoms with van der Waals surface area (Å²) in [5, 5.41) is 2.94. The molecule has 9 nitrogen and oxygen atoms in total. The minimum absolute atomic E-state index is 0.00282. The van der Waals surface area contributed by atoms with E-state index in [9.17, 15) is 18.0 Å². The Balaban J connectivity index is 1.36. The van der Waals surface area contributed by atoms with Crippen LogP contribution in [-0.2, 0) is 19.6 Å². The molecule has 0 aliphatic carbocycles. The van der Waals surface area contributed by atoms with E-state index < -0.39 is 15.8 Å². The van der Waals surface area contributed by atoms with E-state index in [1.807, 2.05) is 13.8 Å². The Morgan fingerprint density at radius 3 is 2.62 bits per heavy atom. The van der Waals surface area contributed by atoms with Gasteiger partial charge in [-0.05, 0) is 57.6 Å². The first-order chi connectivity index (χ1) is 15.3. The summed E-state index contributed by atoms with van der Waals surface area (Å²) in [6.45, 7) is 5.77. The predicted molar refractivity (Wildman–Crippen MR) is 119 cm³/mol. The highest BCUT2D eigenvalue weighted by atomic mass is 32.2. The molecular formula is C22H31N3O6S. The summed E-state index contributed by atoms with van der Waals surface area (Å²) in [4.78, 5) is 24.4. The molecule has 2 saturated heterocycles. The molecule has 1 aromatic carbocycles. The van der Waals surface area contributed by atoms with Crippen LogP contribution in [0.4, 0.5) is 0 Å². The maximum absolute atomic E-state index is 13.1. The zero-order valence-corrected chi connectivity index (χ0v) is 19.4. The summed E-state index contributed by atoms with van der Waals surface area (Å²) in [6.07, 6.45) is 3.80. The van der Waals surface area contributed by atoms with Crippen LogP contribution in [0.3, 0.4) is 0 Å². The Labute approximate surface area is 187 Å². The molecule has 3 heterocycles. The standard InChI is InChI=1S/C22H31N3O6S/c1-15(2)25-19-6-5-18(13-20(19)31-22(25)27)32(28,29)24-9-7-16(8-10-24)12-21(26)23-14-17-4-3-11-30-17/h5-6,13,15-17H,3-4,7-12,14H2,1-2H3,(H,23,26)/t17-/m1/s1. The second kappa shape index (κ2) is 9.36. The lowest BCUT2D eigenvalue weighted by Gasteiger charge is -2.31. The first-order valence-electron chi connectivity index (χ1n) is 11.3. The molecular weight excluding hydrogens is 434 g/mol. The van der Waals surface area contributed by atoms with Gasteiger partial charge in [0.05, 0.1) is 16.5 Å². The minimum Gasteiger partial charge on any atom is -0.408 e. The lowest BCUT2D eigenvalue weighted by Crippen LogP contribution is -2.40. The van der Waals surface area contributed by atoms with E-state index in [1.54, 1.807) is 6.07 Å². The van der Waals surface area contributed by atoms with E-state index in [0.717, 1.165) is 19.4 Å². The average Bonchev–Trinajstić information content (AvgIpc) is 3.38. The summed E-state index contributed by atoms with van der Waals surface area (Å²) in [6, 6.07) is 4.48. The largest absolute Gasteiger partial charge is 0.420 e. The quantitative estimate of drug-likeness (QED) is 0.672. The molecule has 4 rings (SSSR count). The van der Waals surface area contributed by atoms with Gasteiger partial charge in [0.15, 0.2) is 5.58 Å². The number of rotatable bonds is 7. The van der Waals surface area contributed by atoms with Crippen LogP contribution in [0.15, 0.2) is 32.3 Å². The van der Waals surface area contributed by atoms with Crippen LogP contribution in [0.2, 0.25) is 0 Å². The number of oxazole rings is 1. The number of benzene rings is 1. The molecule has 1 amide bonds. The number of carbonyl (C=O) groups excluding carboxylic acids is 1. The Hall–Kier alpha value is -2.17. The van der Waals surface area contributed by atoms with Gasteiger partial charge >= 0.3 is 5.76 Å². The molecule has 0 spiro atoms. The number of amides is 1. The van der Waals surface area contributed by atoms with Crippen molar-refractivity contribution in [3.05, 3.63) is 28.7 Å². The second-order valence-electron chi connectivity index (χ2n) is 8.95. The van der Waals surface area contributed by atoms with E-state index in [1.165, 1.54) is 21.0 Å². The lowest BCUT2D eigenvalue weighted by molar-refractivity contribution is -0.122. The van der Waals surface area contributed by atoms with Crippen LogP contribution in [0.1, 0.15) is 52.0 Å². The maximum Gasteiger partial charge on any atom is 0.420 e. The first kappa shape index (κ1) is 23.0. The van der Waals surface area contributed by atoms with E-state index in [0.29, 0.717) is 44.4 Å². The molecule has 32 heavy (non-hydrogen) atoms. The van der Waals surface area contributed by atoms with Crippen molar-refractivity contribution in [3.8, 4) is 0 Å². The Morgan fingerprint density at radius 1 is 1.22 bits per heavy atom. The van der Waals surface area contributed by atoms with E-state index in [2.05, 4.69) is 5.32 Å². The van der Waals surface area contributed by atoms with Crippen LogP contribution in [0.5, 0.6) is 0 Å². The van der Waals surface area contributed by atoms with Crippen molar-refractivity contribution < 1.29 is 22.4 Å². The second-order valence-corrected chi connectivity index (χ2v) is 10.9. The number of carbonyl (C=O) groups is 1. The summed E-state index contributed by atoms with van der Waals surface area (Å²) in [7, 11) is -3.71. The van der Waals surface area contributed by atoms with Crippen molar-refractivity contribution in [1.82, 2.24) is 14.2 Å². The van der Waals surface area contributed by atoms with Gasteiger partial charge in [0, 0.05) is 44.8 Å². The van der Waals surface area contributed by atoms with Crippen molar-refractivity contribution in [2.75, 3.05) is 26.2 Å². The minimum atomic E-state index is -3.71. The summed E-state index contributed by atoms with van der Waals surface area (Å²) in [5.74, 6) is -0.341. The van der Waals surface area contributed by atoms with Gasteiger partial charge in [-0.3, -0.25) is 9.36 Å². The van der Waals surface area contributed by atoms with Crippen LogP contribution >= 0.6 is 0 Å². The maximum atomic E-state index is 13.1. The normalized spacial score (nSPS) is 20.9. The van der Waals surface area contributed by atoms with Gasteiger partial charge < -0.3 is 14.5 Å². The number of piperidine rings is 1. The molecule has 176 valence electrons. The number of hydrogen-bond donors (Lipinski definition) is 1. The molecule has 0 unspecified atom stereocenters. The van der Waals surface area contributed by atoms with Gasteiger partial charge in [-0.25, -0.2) is 13.2 Å². The number of ether oxygens (including phenoxy) is 1. The van der Waals surface area contributed by atoms with E-state index in [-0.39, 0.29) is 34.4 Å². The SMILES string of the molecule is CC(C)n1c(=O)oc2cc(S(=O)(=O)N3CCC(CC(=O)NC[C@H]4CCCO4)CC3)ccc21. The van der Waals surface area contributed by atoms with Crippen LogP contribution in [-0.4, -0.2) is 55.5 Å². The average molecular weight is 466 g/mol. The Kier molecular flexibility index (Phi) is 6.73. The van der Waals surface area contributed by atoms with E-state index in [4.69, 9.17) is 9.15 Å². The molecule has 2 aliphatic heterocycles. The van der Waals surface area contributed by atoms with Gasteiger partial charge in [-0.1, -0.05) is 0 Å². The topological polar surface area (TPSA) is 111 Å². The number of nitrogens with one attached hydrogen (secondary N) is 1. The van der Waals surface area contributed by atoms with Gasteiger partial charge in [0.25, 0.3) is 0 Å². The monoisotopic (exact) mass is 465 g/mol. The molecule has 2 aliphatic rings. The highest BCUT2D eigenvalue weighted by Gasteiger charge is 2.31. The smallest absolute Gasteiger partial charge is 0.408 e. The summed E-state index contributed by atoms with van der Waals surface area (Å²) < 4.78 is 40.0. The lowest BCUT2D eigenvalue weighted by atomic mass is 9.94. The third-order valence-electron chi connectivity index (χ3n) is 6.34. The van der Waals surface area contributed by atoms with Crippen molar-refractivity contribution in [3.63, 3.8) is 0 Å². The predicted octanol–water partition coefficient (Wildman–Crippen LogP) is 2.26. The van der Waals surface area contributed by atoms with Gasteiger partial charge in [-0.15, -0.1) is 0 Å². The van der Waals surface area contributed by atoms with Gasteiger partial charge in [-0.2, -0.15) is 4.31 Å². The molecule has 1 aromatic heterocycles. The number of sulfonamides is 1. The molecule has 2 aromatic rings. The third kappa shape index (κ3) is 4.77. The highest BCUT2D eigenvalue weighted by molar-refractivity contribution is 7.89. The Morgan fingerprint density at radius 2 is 1.97 bits per heavy atom. The zero-order chi connectivity index (χ0) is 22.9. The van der Waals surface area contributed by atoms with Crippen molar-refractivity contribution >= 4 is 27.0 Å². The fraction of sp³-hybridized carbons (Fsp3) is 0.636. The number of nitrogens with zero attached hydrogens (tertiary/aromatic N) is 2. The zero-order valence-electron chi connectivity index (χ0n) is 18.6. The summed E-state index contributed by atoms with van der Waals surface area (Å²) in [5.41, 5.74) is 0.847. The van der Waals surface area contributed by atoms with Crippen molar-refractivity contribution in [2.45, 2.75) is 63.0 Å². The Bertz CT molecular complexity index is 1120.